The quantitative estimate of drug-likeness (QED) is 0.115. The van der Waals surface area contributed by atoms with Crippen molar-refractivity contribution in [1.29, 1.82) is 0 Å². The van der Waals surface area contributed by atoms with Gasteiger partial charge < -0.3 is 24.3 Å². The number of rotatable bonds is 6. The molecule has 4 atom stereocenters. The molecule has 0 bridgehead atoms. The van der Waals surface area contributed by atoms with Gasteiger partial charge in [-0.2, -0.15) is 59.1 Å². The summed E-state index contributed by atoms with van der Waals surface area (Å²) in [5, 5.41) is 15.4. The summed E-state index contributed by atoms with van der Waals surface area (Å²) in [4.78, 5) is 0. The molecule has 1 radical (unpaired) electrons. The van der Waals surface area contributed by atoms with Crippen LogP contribution < -0.4 is 10.9 Å². The van der Waals surface area contributed by atoms with Crippen molar-refractivity contribution >= 4 is 55.0 Å². The molecule has 29 heteroatoms. The smallest absolute Gasteiger partial charge is 0.416 e. The van der Waals surface area contributed by atoms with Crippen LogP contribution in [0.15, 0.2) is 83.0 Å². The van der Waals surface area contributed by atoms with E-state index in [9.17, 15) is 64.8 Å². The number of aromatic nitrogens is 2. The van der Waals surface area contributed by atoms with Crippen LogP contribution in [0.2, 0.25) is 0 Å². The zero-order valence-electron chi connectivity index (χ0n) is 37.8. The van der Waals surface area contributed by atoms with E-state index in [1.165, 1.54) is 49.3 Å². The Bertz CT molecular complexity index is 2800. The average molecular weight is 1120 g/mol. The standard InChI is InChI=1S/2C14H16F3N3O2S.C14H14F3N3O2S.H2S.V/c3*1-23(21,22)20-7-6-12-11(8-20)13(19-18-12)9-2-4-10(5-3-9)14(15,16)17;;/h2*2-5,11,13,19H,6-8H2,1H3;2-5H,6-8H2,1H3,(H,18,19);1H2;/p-1/t11-,13+;11-,13-;;;/m11.../s1. The normalized spacial score (nSPS) is 21.9. The number of H-pyrrole nitrogens is 1. The number of alkyl halides is 9. The molecule has 1 aromatic heterocycles. The second-order valence-electron chi connectivity index (χ2n) is 17.1. The minimum Gasteiger partial charge on any atom is -0.813 e. The van der Waals surface area contributed by atoms with E-state index >= 15 is 0 Å². The first-order valence-corrected chi connectivity index (χ1v) is 26.6. The Morgan fingerprint density at radius 3 is 1.24 bits per heavy atom. The SMILES string of the molecule is CS(=O)(=O)N1CCC2=NN[C@@H](c3ccc(C(F)(F)F)cc3)[C@@H]2C1.CS(=O)(=O)N1CCC2=NN[C@H](c3ccc(C(F)(F)F)cc3)[C@@H]2C1.CS(=O)(=O)N1CCc2[nH]nc(-c3ccc(C(F)(F)F)cc3)c2C1.[SH-].[V]. The van der Waals surface area contributed by atoms with Gasteiger partial charge in [0.05, 0.1) is 53.2 Å². The van der Waals surface area contributed by atoms with Crippen molar-refractivity contribution in [1.82, 2.24) is 34.0 Å². The number of benzene rings is 3. The van der Waals surface area contributed by atoms with Gasteiger partial charge in [0.1, 0.15) is 0 Å². The van der Waals surface area contributed by atoms with Crippen molar-refractivity contribution in [2.75, 3.05) is 51.5 Å². The summed E-state index contributed by atoms with van der Waals surface area (Å²) < 4.78 is 188. The first kappa shape index (κ1) is 57.7. The Balaban J connectivity index is 0.000000195. The summed E-state index contributed by atoms with van der Waals surface area (Å²) in [6.07, 6.45) is -8.13. The van der Waals surface area contributed by atoms with Crippen molar-refractivity contribution in [2.45, 2.75) is 56.4 Å². The van der Waals surface area contributed by atoms with Gasteiger partial charge >= 0.3 is 18.5 Å². The molecule has 9 rings (SSSR count). The number of hydrogen-bond donors (Lipinski definition) is 3. The Morgan fingerprint density at radius 2 is 0.887 bits per heavy atom. The number of nitrogens with one attached hydrogen (secondary N) is 3. The minimum atomic E-state index is -4.39. The van der Waals surface area contributed by atoms with Gasteiger partial charge in [-0.25, -0.2) is 33.9 Å². The van der Waals surface area contributed by atoms with Gasteiger partial charge in [0.25, 0.3) is 0 Å². The Labute approximate surface area is 423 Å². The van der Waals surface area contributed by atoms with E-state index in [1.807, 2.05) is 0 Å². The molecule has 389 valence electrons. The molecule has 71 heavy (non-hydrogen) atoms. The summed E-state index contributed by atoms with van der Waals surface area (Å²) >= 11 is 0. The van der Waals surface area contributed by atoms with E-state index in [4.69, 9.17) is 0 Å². The second-order valence-corrected chi connectivity index (χ2v) is 23.0. The van der Waals surface area contributed by atoms with Gasteiger partial charge in [-0.05, 0) is 47.5 Å². The number of halogens is 9. The van der Waals surface area contributed by atoms with E-state index in [0.29, 0.717) is 66.8 Å². The van der Waals surface area contributed by atoms with E-state index < -0.39 is 65.3 Å². The molecule has 0 unspecified atom stereocenters. The van der Waals surface area contributed by atoms with Gasteiger partial charge in [0.15, 0.2) is 0 Å². The number of fused-ring (bicyclic) bond motifs is 3. The molecule has 0 aliphatic carbocycles. The maximum atomic E-state index is 12.6. The minimum absolute atomic E-state index is 0. The van der Waals surface area contributed by atoms with Crippen LogP contribution in [-0.4, -0.2) is 111 Å². The van der Waals surface area contributed by atoms with Gasteiger partial charge in [0.2, 0.25) is 30.1 Å². The number of hydrazone groups is 2. The van der Waals surface area contributed by atoms with Gasteiger partial charge in [0, 0.05) is 117 Å². The molecule has 0 spiro atoms. The fraction of sp³-hybridized carbons (Fsp3) is 0.452. The van der Waals surface area contributed by atoms with Crippen LogP contribution in [0.4, 0.5) is 39.5 Å². The molecule has 0 saturated carbocycles. The number of aromatic amines is 1. The molecule has 3 aromatic carbocycles. The molecule has 0 amide bonds. The fourth-order valence-corrected chi connectivity index (χ4v) is 11.1. The molecule has 2 fully saturated rings. The summed E-state index contributed by atoms with van der Waals surface area (Å²) in [6.45, 7) is 1.87. The first-order chi connectivity index (χ1) is 32.0. The Kier molecular flexibility index (Phi) is 17.7. The number of thiol groups is 1. The third kappa shape index (κ3) is 13.7. The summed E-state index contributed by atoms with van der Waals surface area (Å²) in [6, 6.07) is 13.9. The van der Waals surface area contributed by atoms with Crippen LogP contribution in [0.3, 0.4) is 0 Å². The van der Waals surface area contributed by atoms with Crippen LogP contribution in [0.1, 0.15) is 64.0 Å². The van der Waals surface area contributed by atoms with Crippen molar-refractivity contribution in [3.8, 4) is 11.3 Å². The van der Waals surface area contributed by atoms with E-state index in [2.05, 4.69) is 31.3 Å². The van der Waals surface area contributed by atoms with Gasteiger partial charge in [-0.3, -0.25) is 5.10 Å². The molecule has 15 nitrogen and oxygen atoms in total. The average Bonchev–Trinajstić information content (AvgIpc) is 4.02. The molecule has 3 N–H and O–H groups in total. The topological polar surface area (TPSA) is 190 Å². The number of sulfonamides is 3. The maximum Gasteiger partial charge on any atom is 0.416 e. The van der Waals surface area contributed by atoms with Gasteiger partial charge in [-0.15, -0.1) is 0 Å². The van der Waals surface area contributed by atoms with Crippen LogP contribution in [-0.2, 0) is 93.6 Å². The van der Waals surface area contributed by atoms with E-state index in [0.717, 1.165) is 72.3 Å². The predicted molar refractivity (Wildman–Crippen MR) is 245 cm³/mol. The van der Waals surface area contributed by atoms with Crippen LogP contribution >= 0.6 is 0 Å². The molecular formula is C42H47F9N9O6S4V-. The van der Waals surface area contributed by atoms with Crippen molar-refractivity contribution in [3.05, 3.63) is 112 Å². The second kappa shape index (κ2) is 21.7. The monoisotopic (exact) mass is 1120 g/mol. The Hall–Kier alpha value is -4.16. The number of piperidine rings is 2. The third-order valence-corrected chi connectivity index (χ3v) is 16.2. The largest absolute Gasteiger partial charge is 0.813 e. The summed E-state index contributed by atoms with van der Waals surface area (Å²) in [5.41, 5.74) is 9.32. The molecule has 6 heterocycles. The zero-order chi connectivity index (χ0) is 50.5. The number of hydrogen-bond acceptors (Lipinski definition) is 12. The molecular weight excluding hydrogens is 1080 g/mol. The van der Waals surface area contributed by atoms with Gasteiger partial charge in [-0.1, -0.05) is 36.4 Å². The van der Waals surface area contributed by atoms with E-state index in [1.54, 1.807) is 0 Å². The molecule has 5 aliphatic heterocycles. The van der Waals surface area contributed by atoms with Crippen molar-refractivity contribution in [2.24, 2.45) is 22.0 Å². The predicted octanol–water partition coefficient (Wildman–Crippen LogP) is 6.12. The van der Waals surface area contributed by atoms with E-state index in [-0.39, 0.29) is 75.6 Å². The number of nitrogens with zero attached hydrogens (tertiary/aromatic N) is 6. The fourth-order valence-electron chi connectivity index (χ4n) is 8.62. The summed E-state index contributed by atoms with van der Waals surface area (Å²) in [5.74, 6) is -0.314. The van der Waals surface area contributed by atoms with Crippen LogP contribution in [0.5, 0.6) is 0 Å². The molecule has 2 saturated heterocycles. The summed E-state index contributed by atoms with van der Waals surface area (Å²) in [7, 11) is -9.92. The Morgan fingerprint density at radius 1 is 0.535 bits per heavy atom. The first-order valence-electron chi connectivity index (χ1n) is 21.1. The third-order valence-electron chi connectivity index (χ3n) is 12.4. The van der Waals surface area contributed by atoms with Crippen LogP contribution in [0, 0.1) is 11.8 Å². The van der Waals surface area contributed by atoms with Crippen molar-refractivity contribution in [3.63, 3.8) is 0 Å². The maximum absolute atomic E-state index is 12.6. The molecule has 5 aliphatic rings. The molecule has 4 aromatic rings. The zero-order valence-corrected chi connectivity index (χ0v) is 42.5. The van der Waals surface area contributed by atoms with Crippen molar-refractivity contribution < 1.29 is 83.3 Å². The van der Waals surface area contributed by atoms with Crippen LogP contribution in [0.25, 0.3) is 11.3 Å².